The Balaban J connectivity index is 1.60. The van der Waals surface area contributed by atoms with E-state index in [1.54, 1.807) is 18.0 Å². The minimum atomic E-state index is 0.166. The van der Waals surface area contributed by atoms with Gasteiger partial charge in [-0.1, -0.05) is 6.07 Å². The number of piperidine rings is 1. The van der Waals surface area contributed by atoms with E-state index in [2.05, 4.69) is 22.5 Å². The summed E-state index contributed by atoms with van der Waals surface area (Å²) in [6, 6.07) is 6.60. The first kappa shape index (κ1) is 15.3. The average molecular weight is 293 g/mol. The molecule has 1 saturated heterocycles. The Hall–Kier alpha value is -1.07. The van der Waals surface area contributed by atoms with Gasteiger partial charge in [-0.05, 0) is 38.4 Å². The van der Waals surface area contributed by atoms with Crippen molar-refractivity contribution in [1.82, 2.24) is 15.6 Å². The number of nitrogens with zero attached hydrogens (tertiary/aromatic N) is 1. The molecule has 0 radical (unpaired) electrons. The van der Waals surface area contributed by atoms with Gasteiger partial charge in [0.05, 0.1) is 5.69 Å². The Labute approximate surface area is 125 Å². The fraction of sp³-hybridized carbons (Fsp3) is 0.600. The van der Waals surface area contributed by atoms with Crippen LogP contribution in [0.5, 0.6) is 0 Å². The van der Waals surface area contributed by atoms with Crippen molar-refractivity contribution in [3.8, 4) is 0 Å². The minimum Gasteiger partial charge on any atom is -0.352 e. The molecule has 4 nitrogen and oxygen atoms in total. The maximum Gasteiger partial charge on any atom is 0.221 e. The lowest BCUT2D eigenvalue weighted by molar-refractivity contribution is -0.121. The number of thioether (sulfide) groups is 1. The highest BCUT2D eigenvalue weighted by atomic mass is 32.2. The summed E-state index contributed by atoms with van der Waals surface area (Å²) in [5, 5.41) is 6.53. The van der Waals surface area contributed by atoms with E-state index in [9.17, 15) is 4.79 Å². The molecular formula is C15H23N3OS. The number of aromatic nitrogens is 1. The van der Waals surface area contributed by atoms with Crippen molar-refractivity contribution in [1.29, 1.82) is 0 Å². The number of hydrogen-bond acceptors (Lipinski definition) is 4. The van der Waals surface area contributed by atoms with E-state index in [0.717, 1.165) is 36.6 Å². The second kappa shape index (κ2) is 8.27. The molecule has 0 spiro atoms. The molecule has 2 heterocycles. The van der Waals surface area contributed by atoms with E-state index in [0.29, 0.717) is 12.5 Å². The lowest BCUT2D eigenvalue weighted by Crippen LogP contribution is -2.51. The third-order valence-electron chi connectivity index (χ3n) is 3.56. The molecule has 5 heteroatoms. The van der Waals surface area contributed by atoms with Crippen LogP contribution in [0.4, 0.5) is 0 Å². The molecule has 1 aliphatic heterocycles. The molecule has 110 valence electrons. The molecule has 1 aliphatic rings. The van der Waals surface area contributed by atoms with Gasteiger partial charge in [0, 0.05) is 36.2 Å². The number of carbonyl (C=O) groups excluding carboxylic acids is 1. The minimum absolute atomic E-state index is 0.166. The van der Waals surface area contributed by atoms with E-state index in [1.807, 2.05) is 18.2 Å². The number of amides is 1. The predicted octanol–water partition coefficient (Wildman–Crippen LogP) is 1.96. The van der Waals surface area contributed by atoms with Crippen molar-refractivity contribution in [2.75, 3.05) is 12.3 Å². The third-order valence-corrected chi connectivity index (χ3v) is 4.55. The van der Waals surface area contributed by atoms with Gasteiger partial charge in [-0.2, -0.15) is 11.8 Å². The fourth-order valence-corrected chi connectivity index (χ4v) is 3.20. The quantitative estimate of drug-likeness (QED) is 0.787. The molecule has 0 bridgehead atoms. The van der Waals surface area contributed by atoms with Gasteiger partial charge >= 0.3 is 0 Å². The van der Waals surface area contributed by atoms with Crippen LogP contribution in [0.1, 0.15) is 31.9 Å². The zero-order chi connectivity index (χ0) is 14.2. The predicted molar refractivity (Wildman–Crippen MR) is 83.6 cm³/mol. The second-order valence-corrected chi connectivity index (χ2v) is 6.29. The zero-order valence-electron chi connectivity index (χ0n) is 12.0. The summed E-state index contributed by atoms with van der Waals surface area (Å²) in [4.78, 5) is 16.2. The molecular weight excluding hydrogens is 270 g/mol. The van der Waals surface area contributed by atoms with Crippen molar-refractivity contribution < 1.29 is 4.79 Å². The van der Waals surface area contributed by atoms with Gasteiger partial charge in [0.2, 0.25) is 5.91 Å². The smallest absolute Gasteiger partial charge is 0.221 e. The molecule has 2 rings (SSSR count). The highest BCUT2D eigenvalue weighted by Gasteiger charge is 2.21. The van der Waals surface area contributed by atoms with Gasteiger partial charge in [0.25, 0.3) is 0 Å². The Morgan fingerprint density at radius 2 is 2.45 bits per heavy atom. The van der Waals surface area contributed by atoms with Crippen molar-refractivity contribution in [2.24, 2.45) is 0 Å². The third kappa shape index (κ3) is 5.13. The molecule has 1 aromatic heterocycles. The molecule has 20 heavy (non-hydrogen) atoms. The maximum atomic E-state index is 11.9. The molecule has 0 saturated carbocycles. The molecule has 1 aromatic rings. The van der Waals surface area contributed by atoms with Gasteiger partial charge in [-0.3, -0.25) is 9.78 Å². The maximum absolute atomic E-state index is 11.9. The largest absolute Gasteiger partial charge is 0.352 e. The Kier molecular flexibility index (Phi) is 6.33. The standard InChI is InChI=1S/C15H23N3OS/c1-12-14(6-4-9-16-12)18-15(19)7-10-20-11-13-5-2-3-8-17-13/h2-3,5,8,12,14,16H,4,6-7,9-11H2,1H3,(H,18,19). The molecule has 2 atom stereocenters. The normalized spacial score (nSPS) is 22.4. The first-order chi connectivity index (χ1) is 9.75. The van der Waals surface area contributed by atoms with Crippen LogP contribution in [0, 0.1) is 0 Å². The number of carbonyl (C=O) groups is 1. The van der Waals surface area contributed by atoms with Gasteiger partial charge in [0.1, 0.15) is 0 Å². The van der Waals surface area contributed by atoms with E-state index >= 15 is 0 Å². The molecule has 1 amide bonds. The monoisotopic (exact) mass is 293 g/mol. The van der Waals surface area contributed by atoms with Crippen LogP contribution in [0.15, 0.2) is 24.4 Å². The summed E-state index contributed by atoms with van der Waals surface area (Å²) < 4.78 is 0. The number of pyridine rings is 1. The molecule has 0 aliphatic carbocycles. The summed E-state index contributed by atoms with van der Waals surface area (Å²) in [6.45, 7) is 3.20. The molecule has 0 aromatic carbocycles. The van der Waals surface area contributed by atoms with E-state index in [-0.39, 0.29) is 11.9 Å². The number of rotatable bonds is 6. The van der Waals surface area contributed by atoms with Crippen LogP contribution in [0.3, 0.4) is 0 Å². The lowest BCUT2D eigenvalue weighted by atomic mass is 10.00. The van der Waals surface area contributed by atoms with Crippen molar-refractivity contribution in [3.05, 3.63) is 30.1 Å². The van der Waals surface area contributed by atoms with Crippen molar-refractivity contribution in [2.45, 2.75) is 44.0 Å². The Morgan fingerprint density at radius 3 is 3.20 bits per heavy atom. The topological polar surface area (TPSA) is 54.0 Å². The zero-order valence-corrected chi connectivity index (χ0v) is 12.8. The highest BCUT2D eigenvalue weighted by molar-refractivity contribution is 7.98. The van der Waals surface area contributed by atoms with Crippen LogP contribution in [0.2, 0.25) is 0 Å². The van der Waals surface area contributed by atoms with Gasteiger partial charge in [-0.15, -0.1) is 0 Å². The van der Waals surface area contributed by atoms with E-state index in [4.69, 9.17) is 0 Å². The van der Waals surface area contributed by atoms with Crippen LogP contribution in [0.25, 0.3) is 0 Å². The first-order valence-electron chi connectivity index (χ1n) is 7.26. The van der Waals surface area contributed by atoms with Gasteiger partial charge in [-0.25, -0.2) is 0 Å². The molecule has 2 N–H and O–H groups in total. The molecule has 2 unspecified atom stereocenters. The number of hydrogen-bond donors (Lipinski definition) is 2. The SMILES string of the molecule is CC1NCCCC1NC(=O)CCSCc1ccccn1. The summed E-state index contributed by atoms with van der Waals surface area (Å²) in [7, 11) is 0. The lowest BCUT2D eigenvalue weighted by Gasteiger charge is -2.30. The van der Waals surface area contributed by atoms with Crippen LogP contribution in [-0.2, 0) is 10.5 Å². The van der Waals surface area contributed by atoms with Crippen LogP contribution < -0.4 is 10.6 Å². The fourth-order valence-electron chi connectivity index (χ4n) is 2.35. The summed E-state index contributed by atoms with van der Waals surface area (Å²) in [5.41, 5.74) is 1.07. The van der Waals surface area contributed by atoms with E-state index in [1.165, 1.54) is 0 Å². The summed E-state index contributed by atoms with van der Waals surface area (Å²) in [5.74, 6) is 1.88. The Morgan fingerprint density at radius 1 is 1.55 bits per heavy atom. The van der Waals surface area contributed by atoms with Crippen molar-refractivity contribution in [3.63, 3.8) is 0 Å². The molecule has 1 fully saturated rings. The van der Waals surface area contributed by atoms with Crippen LogP contribution in [-0.4, -0.2) is 35.3 Å². The van der Waals surface area contributed by atoms with Gasteiger partial charge in [0.15, 0.2) is 0 Å². The highest BCUT2D eigenvalue weighted by Crippen LogP contribution is 2.12. The first-order valence-corrected chi connectivity index (χ1v) is 8.41. The van der Waals surface area contributed by atoms with Gasteiger partial charge < -0.3 is 10.6 Å². The van der Waals surface area contributed by atoms with Crippen LogP contribution >= 0.6 is 11.8 Å². The Bertz CT molecular complexity index is 413. The van der Waals surface area contributed by atoms with Crippen molar-refractivity contribution >= 4 is 17.7 Å². The second-order valence-electron chi connectivity index (χ2n) is 5.18. The van der Waals surface area contributed by atoms with E-state index < -0.39 is 0 Å². The summed E-state index contributed by atoms with van der Waals surface area (Å²) >= 11 is 1.76. The number of nitrogens with one attached hydrogen (secondary N) is 2. The average Bonchev–Trinajstić information content (AvgIpc) is 2.47. The summed E-state index contributed by atoms with van der Waals surface area (Å²) in [6.07, 6.45) is 4.62.